The van der Waals surface area contributed by atoms with Crippen molar-refractivity contribution in [1.29, 1.82) is 0 Å². The standard InChI is InChI=1S/C38H79N7O2/c1-3-5-7-9-11-13-15-16-18-20-22-24-32-45(31-23-21-19-17-14-12-10-8-6-4-2)37(47)35(41)28-25-27-33(39)36(46)34(40)29-26-30-44-38(42)43/h33-35H,3-32,39-41H2,1-2H3,(H4,42,43,44)/t33?,34-,35-/m0/s1. The zero-order valence-corrected chi connectivity index (χ0v) is 31.0. The molecule has 0 fully saturated rings. The van der Waals surface area contributed by atoms with Gasteiger partial charge >= 0.3 is 0 Å². The molecule has 3 atom stereocenters. The van der Waals surface area contributed by atoms with E-state index in [4.69, 9.17) is 28.7 Å². The van der Waals surface area contributed by atoms with E-state index in [-0.39, 0.29) is 17.6 Å². The molecule has 0 aromatic heterocycles. The Balaban J connectivity index is 4.54. The van der Waals surface area contributed by atoms with Gasteiger partial charge in [0, 0.05) is 19.6 Å². The van der Waals surface area contributed by atoms with Crippen LogP contribution in [0.15, 0.2) is 4.99 Å². The van der Waals surface area contributed by atoms with Gasteiger partial charge < -0.3 is 33.6 Å². The summed E-state index contributed by atoms with van der Waals surface area (Å²) < 4.78 is 0. The minimum atomic E-state index is -0.654. The van der Waals surface area contributed by atoms with E-state index in [1.165, 1.54) is 116 Å². The zero-order chi connectivity index (χ0) is 35.0. The first kappa shape index (κ1) is 45.3. The SMILES string of the molecule is CCCCCCCCCCCCCCN(CCCCCCCCCCCC)C(=O)[C@@H](N)CCCC(N)C(=O)[C@@H](N)CCCN=C(N)N. The second-order valence-corrected chi connectivity index (χ2v) is 14.0. The molecule has 0 saturated heterocycles. The molecule has 0 spiro atoms. The molecule has 0 aromatic carbocycles. The number of guanidine groups is 1. The number of nitrogens with two attached hydrogens (primary N) is 5. The van der Waals surface area contributed by atoms with Crippen LogP contribution >= 0.6 is 0 Å². The Morgan fingerprint density at radius 3 is 1.21 bits per heavy atom. The highest BCUT2D eigenvalue weighted by Crippen LogP contribution is 2.15. The Morgan fingerprint density at radius 1 is 0.489 bits per heavy atom. The van der Waals surface area contributed by atoms with Gasteiger partial charge in [-0.05, 0) is 44.9 Å². The Labute approximate surface area is 290 Å². The molecule has 0 bridgehead atoms. The van der Waals surface area contributed by atoms with Crippen LogP contribution in [-0.4, -0.2) is 60.3 Å². The smallest absolute Gasteiger partial charge is 0.239 e. The van der Waals surface area contributed by atoms with Crippen molar-refractivity contribution in [2.24, 2.45) is 33.7 Å². The molecule has 0 aromatic rings. The van der Waals surface area contributed by atoms with Crippen molar-refractivity contribution in [3.05, 3.63) is 0 Å². The van der Waals surface area contributed by atoms with E-state index in [1.807, 2.05) is 4.90 Å². The summed E-state index contributed by atoms with van der Waals surface area (Å²) in [7, 11) is 0. The first-order valence-electron chi connectivity index (χ1n) is 19.9. The zero-order valence-electron chi connectivity index (χ0n) is 31.0. The van der Waals surface area contributed by atoms with Crippen molar-refractivity contribution in [3.63, 3.8) is 0 Å². The van der Waals surface area contributed by atoms with Crippen molar-refractivity contribution in [3.8, 4) is 0 Å². The van der Waals surface area contributed by atoms with Crippen LogP contribution < -0.4 is 28.7 Å². The molecule has 0 aliphatic rings. The molecule has 9 nitrogen and oxygen atoms in total. The van der Waals surface area contributed by atoms with Crippen molar-refractivity contribution >= 4 is 17.6 Å². The van der Waals surface area contributed by atoms with Crippen LogP contribution in [0.2, 0.25) is 0 Å². The molecule has 1 amide bonds. The van der Waals surface area contributed by atoms with Gasteiger partial charge in [0.2, 0.25) is 5.91 Å². The van der Waals surface area contributed by atoms with Crippen LogP contribution in [0.4, 0.5) is 0 Å². The third kappa shape index (κ3) is 27.9. The van der Waals surface area contributed by atoms with Gasteiger partial charge in [-0.1, -0.05) is 142 Å². The third-order valence-corrected chi connectivity index (χ3v) is 9.42. The second kappa shape index (κ2) is 32.8. The van der Waals surface area contributed by atoms with Crippen LogP contribution in [0.5, 0.6) is 0 Å². The number of Topliss-reactive ketones (excluding diaryl/α,β-unsaturated/α-hetero) is 1. The van der Waals surface area contributed by atoms with Gasteiger partial charge in [0.1, 0.15) is 0 Å². The number of ketones is 1. The summed E-state index contributed by atoms with van der Waals surface area (Å²) in [5, 5.41) is 0. The molecule has 0 heterocycles. The molecule has 0 radical (unpaired) electrons. The summed E-state index contributed by atoms with van der Waals surface area (Å²) in [6.45, 7) is 6.54. The lowest BCUT2D eigenvalue weighted by Gasteiger charge is -2.26. The lowest BCUT2D eigenvalue weighted by atomic mass is 9.97. The Bertz CT molecular complexity index is 760. The van der Waals surface area contributed by atoms with Gasteiger partial charge in [0.25, 0.3) is 0 Å². The second-order valence-electron chi connectivity index (χ2n) is 14.0. The van der Waals surface area contributed by atoms with Crippen molar-refractivity contribution in [2.75, 3.05) is 19.6 Å². The van der Waals surface area contributed by atoms with Crippen LogP contribution in [0.3, 0.4) is 0 Å². The van der Waals surface area contributed by atoms with Crippen LogP contribution in [-0.2, 0) is 9.59 Å². The van der Waals surface area contributed by atoms with Gasteiger partial charge in [0.15, 0.2) is 11.7 Å². The molecule has 0 saturated carbocycles. The first-order valence-corrected chi connectivity index (χ1v) is 19.9. The topological polar surface area (TPSA) is 180 Å². The van der Waals surface area contributed by atoms with Crippen LogP contribution in [0.25, 0.3) is 0 Å². The van der Waals surface area contributed by atoms with Gasteiger partial charge in [-0.2, -0.15) is 0 Å². The molecule has 278 valence electrons. The van der Waals surface area contributed by atoms with E-state index in [2.05, 4.69) is 18.8 Å². The fourth-order valence-corrected chi connectivity index (χ4v) is 6.26. The van der Waals surface area contributed by atoms with E-state index in [9.17, 15) is 9.59 Å². The van der Waals surface area contributed by atoms with E-state index in [0.29, 0.717) is 38.6 Å². The highest BCUT2D eigenvalue weighted by atomic mass is 16.2. The molecule has 9 heteroatoms. The Morgan fingerprint density at radius 2 is 0.830 bits per heavy atom. The molecule has 0 aliphatic carbocycles. The largest absolute Gasteiger partial charge is 0.370 e. The number of unbranched alkanes of at least 4 members (excludes halogenated alkanes) is 20. The minimum absolute atomic E-state index is 0.0311. The number of carbonyl (C=O) groups is 2. The summed E-state index contributed by atoms with van der Waals surface area (Å²) >= 11 is 0. The predicted molar refractivity (Wildman–Crippen MR) is 202 cm³/mol. The molecular formula is C38H79N7O2. The normalized spacial score (nSPS) is 13.3. The number of carbonyl (C=O) groups excluding carboxylic acids is 2. The van der Waals surface area contributed by atoms with E-state index >= 15 is 0 Å². The van der Waals surface area contributed by atoms with Crippen molar-refractivity contribution in [2.45, 2.75) is 205 Å². The first-order chi connectivity index (χ1) is 22.7. The summed E-state index contributed by atoms with van der Waals surface area (Å²) in [6.07, 6.45) is 31.1. The third-order valence-electron chi connectivity index (χ3n) is 9.42. The van der Waals surface area contributed by atoms with Crippen molar-refractivity contribution < 1.29 is 9.59 Å². The summed E-state index contributed by atoms with van der Waals surface area (Å²) in [5.74, 6) is -0.0897. The molecule has 0 aliphatic heterocycles. The molecule has 47 heavy (non-hydrogen) atoms. The number of hydrogen-bond acceptors (Lipinski definition) is 6. The number of aliphatic imine (C=N–C) groups is 1. The van der Waals surface area contributed by atoms with Crippen LogP contribution in [0, 0.1) is 0 Å². The lowest BCUT2D eigenvalue weighted by Crippen LogP contribution is -2.45. The monoisotopic (exact) mass is 666 g/mol. The maximum atomic E-state index is 13.4. The Kier molecular flexibility index (Phi) is 31.6. The van der Waals surface area contributed by atoms with Gasteiger partial charge in [-0.15, -0.1) is 0 Å². The summed E-state index contributed by atoms with van der Waals surface area (Å²) in [5.41, 5.74) is 29.3. The lowest BCUT2D eigenvalue weighted by molar-refractivity contribution is -0.133. The van der Waals surface area contributed by atoms with Gasteiger partial charge in [-0.25, -0.2) is 0 Å². The van der Waals surface area contributed by atoms with Gasteiger partial charge in [-0.3, -0.25) is 14.6 Å². The summed E-state index contributed by atoms with van der Waals surface area (Å²) in [6, 6.07) is -1.85. The van der Waals surface area contributed by atoms with Crippen LogP contribution in [0.1, 0.15) is 187 Å². The highest BCUT2D eigenvalue weighted by molar-refractivity contribution is 5.88. The molecule has 10 N–H and O–H groups in total. The fourth-order valence-electron chi connectivity index (χ4n) is 6.26. The summed E-state index contributed by atoms with van der Waals surface area (Å²) in [4.78, 5) is 32.0. The van der Waals surface area contributed by atoms with E-state index in [1.54, 1.807) is 0 Å². The fraction of sp³-hybridized carbons (Fsp3) is 0.921. The number of nitrogens with zero attached hydrogens (tertiary/aromatic N) is 2. The van der Waals surface area contributed by atoms with Gasteiger partial charge in [0.05, 0.1) is 18.1 Å². The quantitative estimate of drug-likeness (QED) is 0.0269. The average molecular weight is 666 g/mol. The number of amides is 1. The minimum Gasteiger partial charge on any atom is -0.370 e. The maximum absolute atomic E-state index is 13.4. The van der Waals surface area contributed by atoms with Crippen molar-refractivity contribution in [1.82, 2.24) is 4.90 Å². The molecular weight excluding hydrogens is 586 g/mol. The molecule has 0 rings (SSSR count). The molecule has 1 unspecified atom stereocenters. The number of rotatable bonds is 35. The Hall–Kier alpha value is -1.71. The highest BCUT2D eigenvalue weighted by Gasteiger charge is 2.23. The van der Waals surface area contributed by atoms with E-state index in [0.717, 1.165) is 38.8 Å². The van der Waals surface area contributed by atoms with E-state index < -0.39 is 18.1 Å². The number of hydrogen-bond donors (Lipinski definition) is 5. The predicted octanol–water partition coefficient (Wildman–Crippen LogP) is 7.21. The average Bonchev–Trinajstić information content (AvgIpc) is 3.05. The maximum Gasteiger partial charge on any atom is 0.239 e.